The summed E-state index contributed by atoms with van der Waals surface area (Å²) in [5.41, 5.74) is 1.14. The summed E-state index contributed by atoms with van der Waals surface area (Å²) >= 11 is 1.32. The number of rotatable bonds is 2. The molecule has 0 saturated heterocycles. The Morgan fingerprint density at radius 1 is 1.08 bits per heavy atom. The van der Waals surface area contributed by atoms with E-state index in [0.29, 0.717) is 11.3 Å². The van der Waals surface area contributed by atoms with Gasteiger partial charge in [0.1, 0.15) is 11.7 Å². The Labute approximate surface area is 154 Å². The lowest BCUT2D eigenvalue weighted by Gasteiger charge is -2.30. The van der Waals surface area contributed by atoms with Crippen LogP contribution in [-0.4, -0.2) is 23.2 Å². The second kappa shape index (κ2) is 6.46. The number of nitrogens with one attached hydrogen (secondary N) is 1. The van der Waals surface area contributed by atoms with Crippen molar-refractivity contribution in [3.8, 4) is 0 Å². The molecular formula is C20H15FN2O2S. The lowest BCUT2D eigenvalue weighted by Crippen LogP contribution is -2.37. The number of likely N-dealkylation sites (N-methyl/N-ethyl adjacent to an activating group) is 1. The minimum Gasteiger partial charge on any atom is -0.325 e. The van der Waals surface area contributed by atoms with Crippen molar-refractivity contribution >= 4 is 40.2 Å². The van der Waals surface area contributed by atoms with Crippen molar-refractivity contribution in [3.05, 3.63) is 72.0 Å². The standard InChI is InChI=1S/C20H15FN2O2S/c1-23-20(25)18(19(24)22-15-8-6-14(21)7-9-15)16-10-12-4-2-3-5-13(12)11-17(16)26-23/h2-11,18H,1H3,(H,22,24). The third-order valence-corrected chi connectivity index (χ3v) is 5.36. The number of hydrogen-bond acceptors (Lipinski definition) is 3. The van der Waals surface area contributed by atoms with E-state index in [1.54, 1.807) is 7.05 Å². The molecule has 0 spiro atoms. The zero-order valence-corrected chi connectivity index (χ0v) is 14.7. The number of amides is 2. The van der Waals surface area contributed by atoms with Crippen molar-refractivity contribution in [1.82, 2.24) is 4.31 Å². The van der Waals surface area contributed by atoms with Crippen LogP contribution >= 0.6 is 11.9 Å². The smallest absolute Gasteiger partial charge is 0.249 e. The molecule has 130 valence electrons. The molecule has 2 amide bonds. The van der Waals surface area contributed by atoms with Gasteiger partial charge in [-0.3, -0.25) is 13.9 Å². The van der Waals surface area contributed by atoms with Crippen molar-refractivity contribution in [1.29, 1.82) is 0 Å². The first-order valence-electron chi connectivity index (χ1n) is 8.07. The van der Waals surface area contributed by atoms with Crippen LogP contribution in [0.25, 0.3) is 10.8 Å². The van der Waals surface area contributed by atoms with Gasteiger partial charge in [-0.25, -0.2) is 4.39 Å². The predicted molar refractivity (Wildman–Crippen MR) is 100 cm³/mol. The zero-order valence-electron chi connectivity index (χ0n) is 13.9. The number of carbonyl (C=O) groups excluding carboxylic acids is 2. The van der Waals surface area contributed by atoms with Crippen LogP contribution in [0.4, 0.5) is 10.1 Å². The summed E-state index contributed by atoms with van der Waals surface area (Å²) in [5.74, 6) is -2.03. The van der Waals surface area contributed by atoms with E-state index in [9.17, 15) is 14.0 Å². The van der Waals surface area contributed by atoms with E-state index in [1.807, 2.05) is 36.4 Å². The topological polar surface area (TPSA) is 49.4 Å². The number of benzene rings is 3. The molecule has 1 unspecified atom stereocenters. The van der Waals surface area contributed by atoms with Gasteiger partial charge in [0.25, 0.3) is 0 Å². The Balaban J connectivity index is 1.75. The first-order chi connectivity index (χ1) is 12.5. The number of fused-ring (bicyclic) bond motifs is 2. The lowest BCUT2D eigenvalue weighted by molar-refractivity contribution is -0.132. The maximum absolute atomic E-state index is 13.1. The first kappa shape index (κ1) is 16.6. The largest absolute Gasteiger partial charge is 0.325 e. The normalized spacial score (nSPS) is 16.5. The van der Waals surface area contributed by atoms with Gasteiger partial charge in [-0.2, -0.15) is 0 Å². The average molecular weight is 366 g/mol. The molecule has 3 aromatic carbocycles. The highest BCUT2D eigenvalue weighted by atomic mass is 32.2. The van der Waals surface area contributed by atoms with Crippen molar-refractivity contribution in [3.63, 3.8) is 0 Å². The molecule has 1 atom stereocenters. The van der Waals surface area contributed by atoms with Gasteiger partial charge in [-0.05, 0) is 64.7 Å². The lowest BCUT2D eigenvalue weighted by atomic mass is 9.94. The van der Waals surface area contributed by atoms with Crippen LogP contribution in [0, 0.1) is 5.82 Å². The Hall–Kier alpha value is -2.86. The molecular weight excluding hydrogens is 351 g/mol. The maximum atomic E-state index is 13.1. The van der Waals surface area contributed by atoms with Crippen LogP contribution < -0.4 is 5.32 Å². The van der Waals surface area contributed by atoms with Crippen molar-refractivity contribution in [2.45, 2.75) is 10.8 Å². The molecule has 1 N–H and O–H groups in total. The first-order valence-corrected chi connectivity index (χ1v) is 8.85. The molecule has 0 aromatic heterocycles. The van der Waals surface area contributed by atoms with Gasteiger partial charge in [0.05, 0.1) is 0 Å². The number of nitrogens with zero attached hydrogens (tertiary/aromatic N) is 1. The Bertz CT molecular complexity index is 1020. The SMILES string of the molecule is CN1Sc2cc3ccccc3cc2C(C(=O)Nc2ccc(F)cc2)C1=O. The average Bonchev–Trinajstić information content (AvgIpc) is 2.63. The summed E-state index contributed by atoms with van der Waals surface area (Å²) in [6.45, 7) is 0. The van der Waals surface area contributed by atoms with Crippen LogP contribution in [0.3, 0.4) is 0 Å². The number of hydrogen-bond donors (Lipinski definition) is 1. The molecule has 4 nitrogen and oxygen atoms in total. The Morgan fingerprint density at radius 2 is 1.73 bits per heavy atom. The van der Waals surface area contributed by atoms with Gasteiger partial charge in [0.2, 0.25) is 11.8 Å². The third-order valence-electron chi connectivity index (χ3n) is 4.36. The van der Waals surface area contributed by atoms with Crippen LogP contribution in [0.2, 0.25) is 0 Å². The molecule has 0 fully saturated rings. The van der Waals surface area contributed by atoms with Crippen LogP contribution in [0.5, 0.6) is 0 Å². The highest BCUT2D eigenvalue weighted by Gasteiger charge is 2.37. The van der Waals surface area contributed by atoms with Crippen LogP contribution in [0.15, 0.2) is 65.6 Å². The van der Waals surface area contributed by atoms with Gasteiger partial charge in [-0.15, -0.1) is 0 Å². The fourth-order valence-corrected chi connectivity index (χ4v) is 4.00. The molecule has 0 bridgehead atoms. The molecule has 1 heterocycles. The molecule has 0 aliphatic carbocycles. The second-order valence-corrected chi connectivity index (χ2v) is 7.26. The van der Waals surface area contributed by atoms with Crippen molar-refractivity contribution < 1.29 is 14.0 Å². The van der Waals surface area contributed by atoms with E-state index in [-0.39, 0.29) is 11.7 Å². The van der Waals surface area contributed by atoms with E-state index in [0.717, 1.165) is 15.7 Å². The minimum absolute atomic E-state index is 0.280. The van der Waals surface area contributed by atoms with E-state index < -0.39 is 11.8 Å². The number of halogens is 1. The highest BCUT2D eigenvalue weighted by molar-refractivity contribution is 7.97. The van der Waals surface area contributed by atoms with Gasteiger partial charge in [0.15, 0.2) is 0 Å². The van der Waals surface area contributed by atoms with Gasteiger partial charge in [0, 0.05) is 17.6 Å². The predicted octanol–water partition coefficient (Wildman–Crippen LogP) is 4.18. The van der Waals surface area contributed by atoms with Gasteiger partial charge in [-0.1, -0.05) is 24.3 Å². The van der Waals surface area contributed by atoms with E-state index >= 15 is 0 Å². The number of carbonyl (C=O) groups is 2. The van der Waals surface area contributed by atoms with E-state index in [1.165, 1.54) is 40.5 Å². The fourth-order valence-electron chi connectivity index (χ4n) is 3.05. The second-order valence-electron chi connectivity index (χ2n) is 6.09. The summed E-state index contributed by atoms with van der Waals surface area (Å²) in [4.78, 5) is 26.4. The third kappa shape index (κ3) is 2.93. The van der Waals surface area contributed by atoms with E-state index in [4.69, 9.17) is 0 Å². The summed E-state index contributed by atoms with van der Waals surface area (Å²) in [5, 5.41) is 4.75. The molecule has 26 heavy (non-hydrogen) atoms. The number of anilines is 1. The maximum Gasteiger partial charge on any atom is 0.249 e. The summed E-state index contributed by atoms with van der Waals surface area (Å²) in [6.07, 6.45) is 0. The summed E-state index contributed by atoms with van der Waals surface area (Å²) < 4.78 is 14.5. The molecule has 1 aliphatic rings. The summed E-state index contributed by atoms with van der Waals surface area (Å²) in [7, 11) is 1.66. The van der Waals surface area contributed by atoms with E-state index in [2.05, 4.69) is 5.32 Å². The fraction of sp³-hybridized carbons (Fsp3) is 0.100. The van der Waals surface area contributed by atoms with Crippen molar-refractivity contribution in [2.75, 3.05) is 12.4 Å². The highest BCUT2D eigenvalue weighted by Crippen LogP contribution is 2.40. The summed E-state index contributed by atoms with van der Waals surface area (Å²) in [6, 6.07) is 17.2. The monoisotopic (exact) mass is 366 g/mol. The van der Waals surface area contributed by atoms with Gasteiger partial charge < -0.3 is 5.32 Å². The Kier molecular flexibility index (Phi) is 4.12. The molecule has 0 radical (unpaired) electrons. The van der Waals surface area contributed by atoms with Crippen LogP contribution in [-0.2, 0) is 9.59 Å². The molecule has 3 aromatic rings. The zero-order chi connectivity index (χ0) is 18.3. The quantitative estimate of drug-likeness (QED) is 0.547. The molecule has 1 aliphatic heterocycles. The van der Waals surface area contributed by atoms with Crippen molar-refractivity contribution in [2.24, 2.45) is 0 Å². The van der Waals surface area contributed by atoms with Crippen LogP contribution in [0.1, 0.15) is 11.5 Å². The Morgan fingerprint density at radius 3 is 2.42 bits per heavy atom. The molecule has 0 saturated carbocycles. The van der Waals surface area contributed by atoms with Gasteiger partial charge >= 0.3 is 0 Å². The molecule has 6 heteroatoms. The minimum atomic E-state index is -0.939. The molecule has 4 rings (SSSR count).